The zero-order chi connectivity index (χ0) is 13.7. The highest BCUT2D eigenvalue weighted by atomic mass is 14.4. The van der Waals surface area contributed by atoms with Crippen LogP contribution in [0.25, 0.3) is 10.8 Å². The Labute approximate surface area is 114 Å². The molecule has 0 fully saturated rings. The molecule has 0 aromatic heterocycles. The number of hydrogen-bond acceptors (Lipinski definition) is 1. The Morgan fingerprint density at radius 2 is 1.63 bits per heavy atom. The fourth-order valence-corrected chi connectivity index (χ4v) is 2.59. The van der Waals surface area contributed by atoms with Crippen LogP contribution in [0.3, 0.4) is 0 Å². The van der Waals surface area contributed by atoms with Gasteiger partial charge in [0, 0.05) is 0 Å². The molecule has 0 bridgehead atoms. The molecule has 0 aliphatic rings. The highest BCUT2D eigenvalue weighted by Gasteiger charge is 2.31. The van der Waals surface area contributed by atoms with Crippen LogP contribution in [0.1, 0.15) is 18.4 Å². The number of nitriles is 1. The van der Waals surface area contributed by atoms with E-state index >= 15 is 0 Å². The van der Waals surface area contributed by atoms with E-state index in [2.05, 4.69) is 37.4 Å². The average molecular weight is 247 g/mol. The Balaban J connectivity index is 2.72. The lowest BCUT2D eigenvalue weighted by atomic mass is 9.74. The third kappa shape index (κ3) is 2.30. The van der Waals surface area contributed by atoms with E-state index in [4.69, 9.17) is 0 Å². The second kappa shape index (κ2) is 5.54. The van der Waals surface area contributed by atoms with Gasteiger partial charge in [0.2, 0.25) is 0 Å². The molecule has 19 heavy (non-hydrogen) atoms. The molecule has 0 radical (unpaired) electrons. The predicted molar refractivity (Wildman–Crippen MR) is 80.9 cm³/mol. The topological polar surface area (TPSA) is 23.8 Å². The van der Waals surface area contributed by atoms with E-state index in [1.165, 1.54) is 0 Å². The molecular formula is C18H17N. The van der Waals surface area contributed by atoms with Crippen LogP contribution in [0, 0.1) is 11.3 Å². The van der Waals surface area contributed by atoms with Gasteiger partial charge in [0.05, 0.1) is 11.5 Å². The van der Waals surface area contributed by atoms with E-state index in [1.54, 1.807) is 0 Å². The molecule has 0 atom stereocenters. The van der Waals surface area contributed by atoms with E-state index in [-0.39, 0.29) is 0 Å². The van der Waals surface area contributed by atoms with Gasteiger partial charge in [-0.05, 0) is 29.2 Å². The predicted octanol–water partition coefficient (Wildman–Crippen LogP) is 4.75. The van der Waals surface area contributed by atoms with E-state index in [1.807, 2.05) is 36.4 Å². The lowest BCUT2D eigenvalue weighted by Gasteiger charge is -2.26. The molecular weight excluding hydrogens is 230 g/mol. The summed E-state index contributed by atoms with van der Waals surface area (Å²) >= 11 is 0. The van der Waals surface area contributed by atoms with Crippen molar-refractivity contribution in [2.45, 2.75) is 18.3 Å². The van der Waals surface area contributed by atoms with Crippen LogP contribution in [0.4, 0.5) is 0 Å². The SMILES string of the molecule is C=CCC(C#N)(CC=C)c1cccc2ccccc12. The van der Waals surface area contributed by atoms with E-state index in [9.17, 15) is 5.26 Å². The van der Waals surface area contributed by atoms with Crippen LogP contribution < -0.4 is 0 Å². The van der Waals surface area contributed by atoms with E-state index in [0.717, 1.165) is 16.3 Å². The van der Waals surface area contributed by atoms with E-state index in [0.29, 0.717) is 12.8 Å². The maximum Gasteiger partial charge on any atom is 0.0896 e. The summed E-state index contributed by atoms with van der Waals surface area (Å²) in [5.41, 5.74) is 0.498. The van der Waals surface area contributed by atoms with Crippen LogP contribution in [0.15, 0.2) is 67.8 Å². The van der Waals surface area contributed by atoms with Crippen LogP contribution >= 0.6 is 0 Å². The molecule has 0 amide bonds. The normalized spacial score (nSPS) is 10.9. The largest absolute Gasteiger partial charge is 0.197 e. The summed E-state index contributed by atoms with van der Waals surface area (Å²) in [6.07, 6.45) is 4.88. The average Bonchev–Trinajstić information content (AvgIpc) is 2.46. The van der Waals surface area contributed by atoms with Gasteiger partial charge in [0.1, 0.15) is 0 Å². The summed E-state index contributed by atoms with van der Waals surface area (Å²) in [4.78, 5) is 0. The Morgan fingerprint density at radius 1 is 1.00 bits per heavy atom. The molecule has 0 saturated heterocycles. The summed E-state index contributed by atoms with van der Waals surface area (Å²) in [7, 11) is 0. The van der Waals surface area contributed by atoms with Gasteiger partial charge in [-0.2, -0.15) is 5.26 Å². The minimum absolute atomic E-state index is 0.565. The van der Waals surface area contributed by atoms with Gasteiger partial charge in [-0.25, -0.2) is 0 Å². The minimum Gasteiger partial charge on any atom is -0.197 e. The van der Waals surface area contributed by atoms with Gasteiger partial charge in [0.15, 0.2) is 0 Å². The minimum atomic E-state index is -0.565. The molecule has 0 aliphatic heterocycles. The second-order valence-electron chi connectivity index (χ2n) is 4.71. The van der Waals surface area contributed by atoms with Crippen molar-refractivity contribution in [2.24, 2.45) is 0 Å². The van der Waals surface area contributed by atoms with E-state index < -0.39 is 5.41 Å². The first-order chi connectivity index (χ1) is 9.27. The molecule has 94 valence electrons. The summed E-state index contributed by atoms with van der Waals surface area (Å²) in [5.74, 6) is 0. The molecule has 0 unspecified atom stereocenters. The summed E-state index contributed by atoms with van der Waals surface area (Å²) in [6.45, 7) is 7.59. The summed E-state index contributed by atoms with van der Waals surface area (Å²) in [5, 5.41) is 12.0. The quantitative estimate of drug-likeness (QED) is 0.699. The first kappa shape index (κ1) is 13.1. The second-order valence-corrected chi connectivity index (χ2v) is 4.71. The molecule has 0 aliphatic carbocycles. The maximum atomic E-state index is 9.71. The van der Waals surface area contributed by atoms with Crippen molar-refractivity contribution < 1.29 is 0 Å². The number of benzene rings is 2. The number of hydrogen-bond donors (Lipinski definition) is 0. The fourth-order valence-electron chi connectivity index (χ4n) is 2.59. The zero-order valence-electron chi connectivity index (χ0n) is 11.0. The number of rotatable bonds is 5. The number of nitrogens with zero attached hydrogens (tertiary/aromatic N) is 1. The summed E-state index contributed by atoms with van der Waals surface area (Å²) < 4.78 is 0. The van der Waals surface area contributed by atoms with Crippen molar-refractivity contribution in [2.75, 3.05) is 0 Å². The van der Waals surface area contributed by atoms with Gasteiger partial charge in [-0.15, -0.1) is 13.2 Å². The van der Waals surface area contributed by atoms with Crippen molar-refractivity contribution in [3.63, 3.8) is 0 Å². The van der Waals surface area contributed by atoms with Crippen molar-refractivity contribution in [1.29, 1.82) is 5.26 Å². The van der Waals surface area contributed by atoms with Gasteiger partial charge in [-0.1, -0.05) is 54.6 Å². The Bertz CT molecular complexity index is 631. The lowest BCUT2D eigenvalue weighted by molar-refractivity contribution is 0.571. The maximum absolute atomic E-state index is 9.71. The standard InChI is InChI=1S/C18H17N/c1-3-12-18(14-19,13-4-2)17-11-7-9-15-8-5-6-10-16(15)17/h3-11H,1-2,12-13H2. The first-order valence-corrected chi connectivity index (χ1v) is 6.39. The van der Waals surface area contributed by atoms with Crippen molar-refractivity contribution >= 4 is 10.8 Å². The highest BCUT2D eigenvalue weighted by Crippen LogP contribution is 2.36. The fraction of sp³-hybridized carbons (Fsp3) is 0.167. The van der Waals surface area contributed by atoms with Crippen LogP contribution in [-0.2, 0) is 5.41 Å². The Kier molecular flexibility index (Phi) is 3.82. The first-order valence-electron chi connectivity index (χ1n) is 6.39. The molecule has 0 spiro atoms. The molecule has 2 aromatic rings. The Morgan fingerprint density at radius 3 is 2.26 bits per heavy atom. The molecule has 0 heterocycles. The highest BCUT2D eigenvalue weighted by molar-refractivity contribution is 5.87. The van der Waals surface area contributed by atoms with Crippen molar-refractivity contribution in [3.05, 3.63) is 73.3 Å². The zero-order valence-corrected chi connectivity index (χ0v) is 11.0. The van der Waals surface area contributed by atoms with Gasteiger partial charge in [0.25, 0.3) is 0 Å². The smallest absolute Gasteiger partial charge is 0.0896 e. The third-order valence-electron chi connectivity index (χ3n) is 3.50. The molecule has 1 nitrogen and oxygen atoms in total. The van der Waals surface area contributed by atoms with Crippen molar-refractivity contribution in [1.82, 2.24) is 0 Å². The summed E-state index contributed by atoms with van der Waals surface area (Å²) in [6, 6.07) is 16.8. The molecule has 2 rings (SSSR count). The van der Waals surface area contributed by atoms with Crippen molar-refractivity contribution in [3.8, 4) is 6.07 Å². The van der Waals surface area contributed by atoms with Gasteiger partial charge in [-0.3, -0.25) is 0 Å². The lowest BCUT2D eigenvalue weighted by Crippen LogP contribution is -2.23. The van der Waals surface area contributed by atoms with Crippen LogP contribution in [0.2, 0.25) is 0 Å². The van der Waals surface area contributed by atoms with Crippen LogP contribution in [-0.4, -0.2) is 0 Å². The Hall–Kier alpha value is -2.33. The molecule has 1 heteroatoms. The van der Waals surface area contributed by atoms with Crippen LogP contribution in [0.5, 0.6) is 0 Å². The number of fused-ring (bicyclic) bond motifs is 1. The van der Waals surface area contributed by atoms with Gasteiger partial charge < -0.3 is 0 Å². The monoisotopic (exact) mass is 247 g/mol. The molecule has 0 N–H and O–H groups in total. The van der Waals surface area contributed by atoms with Gasteiger partial charge >= 0.3 is 0 Å². The number of allylic oxidation sites excluding steroid dienone is 2. The molecule has 2 aromatic carbocycles. The third-order valence-corrected chi connectivity index (χ3v) is 3.50. The molecule has 0 saturated carbocycles.